The molecule has 1 heteroatoms. The molecule has 1 unspecified atom stereocenters. The second-order valence-corrected chi connectivity index (χ2v) is 6.37. The first-order valence-corrected chi connectivity index (χ1v) is 7.19. The summed E-state index contributed by atoms with van der Waals surface area (Å²) in [4.78, 5) is 0. The molecular formula is C15H33N. The number of nitrogens with one attached hydrogen (secondary N) is 1. The Labute approximate surface area is 103 Å². The lowest BCUT2D eigenvalue weighted by molar-refractivity contribution is 0.351. The fourth-order valence-corrected chi connectivity index (χ4v) is 1.85. The van der Waals surface area contributed by atoms with Crippen LogP contribution < -0.4 is 5.32 Å². The van der Waals surface area contributed by atoms with E-state index in [9.17, 15) is 0 Å². The molecule has 0 fully saturated rings. The highest BCUT2D eigenvalue weighted by molar-refractivity contribution is 4.66. The topological polar surface area (TPSA) is 12.0 Å². The largest absolute Gasteiger partial charge is 0.314 e. The van der Waals surface area contributed by atoms with Gasteiger partial charge in [0, 0.05) is 6.04 Å². The predicted molar refractivity (Wildman–Crippen MR) is 74.9 cm³/mol. The molecule has 1 N–H and O–H groups in total. The molecule has 98 valence electrons. The molecule has 1 nitrogen and oxygen atoms in total. The van der Waals surface area contributed by atoms with E-state index in [0.717, 1.165) is 0 Å². The predicted octanol–water partition coefficient (Wildman–Crippen LogP) is 4.76. The Balaban J connectivity index is 3.28. The minimum absolute atomic E-state index is 0.466. The second kappa shape index (κ2) is 9.04. The van der Waals surface area contributed by atoms with Crippen molar-refractivity contribution in [2.24, 2.45) is 5.41 Å². The molecule has 0 aromatic rings. The van der Waals surface area contributed by atoms with Crippen LogP contribution in [0.15, 0.2) is 0 Å². The van der Waals surface area contributed by atoms with E-state index in [0.29, 0.717) is 11.5 Å². The third-order valence-corrected chi connectivity index (χ3v) is 3.11. The fraction of sp³-hybridized carbons (Fsp3) is 1.00. The van der Waals surface area contributed by atoms with E-state index < -0.39 is 0 Å². The standard InChI is InChI=1S/C15H33N/c1-6-7-8-9-10-11-14(2)16-13-12-15(3,4)5/h14,16H,6-13H2,1-5H3. The fourth-order valence-electron chi connectivity index (χ4n) is 1.85. The maximum Gasteiger partial charge on any atom is 0.00387 e. The zero-order chi connectivity index (χ0) is 12.4. The highest BCUT2D eigenvalue weighted by Crippen LogP contribution is 2.17. The van der Waals surface area contributed by atoms with Crippen LogP contribution in [0.25, 0.3) is 0 Å². The zero-order valence-electron chi connectivity index (χ0n) is 12.2. The van der Waals surface area contributed by atoms with E-state index in [1.54, 1.807) is 0 Å². The number of hydrogen-bond donors (Lipinski definition) is 1. The minimum atomic E-state index is 0.466. The molecule has 0 heterocycles. The SMILES string of the molecule is CCCCCCCC(C)NCCC(C)(C)C. The lowest BCUT2D eigenvalue weighted by Gasteiger charge is -2.20. The molecule has 0 spiro atoms. The van der Waals surface area contributed by atoms with Crippen molar-refractivity contribution >= 4 is 0 Å². The third kappa shape index (κ3) is 12.0. The lowest BCUT2D eigenvalue weighted by atomic mass is 9.92. The normalized spacial score (nSPS) is 14.1. The average Bonchev–Trinajstić information content (AvgIpc) is 2.15. The molecule has 0 saturated carbocycles. The second-order valence-electron chi connectivity index (χ2n) is 6.37. The molecule has 0 aliphatic carbocycles. The van der Waals surface area contributed by atoms with Crippen molar-refractivity contribution in [2.45, 2.75) is 85.6 Å². The van der Waals surface area contributed by atoms with Crippen LogP contribution in [-0.2, 0) is 0 Å². The summed E-state index contributed by atoms with van der Waals surface area (Å²) in [6.07, 6.45) is 9.60. The molecule has 0 radical (unpaired) electrons. The molecule has 0 aliphatic rings. The summed E-state index contributed by atoms with van der Waals surface area (Å²) in [6.45, 7) is 12.7. The maximum absolute atomic E-state index is 3.63. The third-order valence-electron chi connectivity index (χ3n) is 3.11. The van der Waals surface area contributed by atoms with E-state index >= 15 is 0 Å². The Hall–Kier alpha value is -0.0400. The van der Waals surface area contributed by atoms with Gasteiger partial charge in [0.25, 0.3) is 0 Å². The summed E-state index contributed by atoms with van der Waals surface area (Å²) in [7, 11) is 0. The van der Waals surface area contributed by atoms with Crippen LogP contribution in [0, 0.1) is 5.41 Å². The molecule has 0 aliphatic heterocycles. The van der Waals surface area contributed by atoms with Crippen molar-refractivity contribution in [3.05, 3.63) is 0 Å². The Morgan fingerprint density at radius 1 is 1.00 bits per heavy atom. The molecule has 0 bridgehead atoms. The van der Waals surface area contributed by atoms with Crippen LogP contribution in [-0.4, -0.2) is 12.6 Å². The summed E-state index contributed by atoms with van der Waals surface area (Å²) >= 11 is 0. The van der Waals surface area contributed by atoms with Crippen molar-refractivity contribution in [3.63, 3.8) is 0 Å². The van der Waals surface area contributed by atoms with Crippen LogP contribution in [0.3, 0.4) is 0 Å². The minimum Gasteiger partial charge on any atom is -0.314 e. The Morgan fingerprint density at radius 2 is 1.62 bits per heavy atom. The van der Waals surface area contributed by atoms with Gasteiger partial charge in [-0.3, -0.25) is 0 Å². The first-order chi connectivity index (χ1) is 7.45. The molecule has 0 aromatic carbocycles. The van der Waals surface area contributed by atoms with Crippen molar-refractivity contribution in [1.29, 1.82) is 0 Å². The molecule has 0 aromatic heterocycles. The quantitative estimate of drug-likeness (QED) is 0.560. The van der Waals surface area contributed by atoms with Crippen LogP contribution in [0.1, 0.15) is 79.6 Å². The van der Waals surface area contributed by atoms with Gasteiger partial charge < -0.3 is 5.32 Å². The summed E-state index contributed by atoms with van der Waals surface area (Å²) in [6, 6.07) is 0.698. The van der Waals surface area contributed by atoms with E-state index in [-0.39, 0.29) is 0 Å². The van der Waals surface area contributed by atoms with Crippen LogP contribution >= 0.6 is 0 Å². The van der Waals surface area contributed by atoms with Gasteiger partial charge in [0.05, 0.1) is 0 Å². The number of unbranched alkanes of at least 4 members (excludes halogenated alkanes) is 4. The van der Waals surface area contributed by atoms with E-state index in [4.69, 9.17) is 0 Å². The van der Waals surface area contributed by atoms with Crippen LogP contribution in [0.5, 0.6) is 0 Å². The van der Waals surface area contributed by atoms with Gasteiger partial charge in [0.15, 0.2) is 0 Å². The number of rotatable bonds is 9. The van der Waals surface area contributed by atoms with Gasteiger partial charge in [-0.2, -0.15) is 0 Å². The van der Waals surface area contributed by atoms with Gasteiger partial charge in [-0.25, -0.2) is 0 Å². The van der Waals surface area contributed by atoms with Crippen molar-refractivity contribution in [1.82, 2.24) is 5.32 Å². The van der Waals surface area contributed by atoms with Gasteiger partial charge in [0.2, 0.25) is 0 Å². The summed E-state index contributed by atoms with van der Waals surface area (Å²) in [5, 5.41) is 3.63. The first kappa shape index (κ1) is 16.0. The van der Waals surface area contributed by atoms with Crippen molar-refractivity contribution in [2.75, 3.05) is 6.54 Å². The molecule has 0 amide bonds. The Bertz CT molecular complexity index is 146. The number of hydrogen-bond acceptors (Lipinski definition) is 1. The molecule has 1 atom stereocenters. The monoisotopic (exact) mass is 227 g/mol. The van der Waals surface area contributed by atoms with Crippen molar-refractivity contribution in [3.8, 4) is 0 Å². The first-order valence-electron chi connectivity index (χ1n) is 7.19. The average molecular weight is 227 g/mol. The Morgan fingerprint density at radius 3 is 2.19 bits per heavy atom. The van der Waals surface area contributed by atoms with Gasteiger partial charge in [-0.05, 0) is 31.7 Å². The molecule has 16 heavy (non-hydrogen) atoms. The smallest absolute Gasteiger partial charge is 0.00387 e. The highest BCUT2D eigenvalue weighted by atomic mass is 14.9. The summed E-state index contributed by atoms with van der Waals surface area (Å²) in [5.41, 5.74) is 0.466. The van der Waals surface area contributed by atoms with Gasteiger partial charge in [0.1, 0.15) is 0 Å². The molecular weight excluding hydrogens is 194 g/mol. The van der Waals surface area contributed by atoms with Crippen LogP contribution in [0.2, 0.25) is 0 Å². The van der Waals surface area contributed by atoms with Crippen LogP contribution in [0.4, 0.5) is 0 Å². The summed E-state index contributed by atoms with van der Waals surface area (Å²) in [5.74, 6) is 0. The van der Waals surface area contributed by atoms with Gasteiger partial charge in [-0.1, -0.05) is 59.8 Å². The Kier molecular flexibility index (Phi) is 9.02. The van der Waals surface area contributed by atoms with Gasteiger partial charge >= 0.3 is 0 Å². The van der Waals surface area contributed by atoms with E-state index in [1.165, 1.54) is 51.5 Å². The maximum atomic E-state index is 3.63. The molecule has 0 rings (SSSR count). The zero-order valence-corrected chi connectivity index (χ0v) is 12.2. The van der Waals surface area contributed by atoms with E-state index in [1.807, 2.05) is 0 Å². The lowest BCUT2D eigenvalue weighted by Crippen LogP contribution is -2.29. The van der Waals surface area contributed by atoms with Crippen molar-refractivity contribution < 1.29 is 0 Å². The highest BCUT2D eigenvalue weighted by Gasteiger charge is 2.10. The summed E-state index contributed by atoms with van der Waals surface area (Å²) < 4.78 is 0. The molecule has 0 saturated heterocycles. The van der Waals surface area contributed by atoms with Gasteiger partial charge in [-0.15, -0.1) is 0 Å². The van der Waals surface area contributed by atoms with E-state index in [2.05, 4.69) is 39.9 Å².